The van der Waals surface area contributed by atoms with E-state index in [9.17, 15) is 9.59 Å². The van der Waals surface area contributed by atoms with Crippen LogP contribution in [0.4, 0.5) is 10.5 Å². The lowest BCUT2D eigenvalue weighted by Gasteiger charge is -2.20. The summed E-state index contributed by atoms with van der Waals surface area (Å²) in [4.78, 5) is 22.9. The summed E-state index contributed by atoms with van der Waals surface area (Å²) in [6.45, 7) is 2.33. The van der Waals surface area contributed by atoms with Crippen LogP contribution in [-0.4, -0.2) is 18.9 Å². The fourth-order valence-corrected chi connectivity index (χ4v) is 1.46. The fourth-order valence-electron chi connectivity index (χ4n) is 1.46. The summed E-state index contributed by atoms with van der Waals surface area (Å²) in [6.07, 6.45) is 3.72. The van der Waals surface area contributed by atoms with E-state index < -0.39 is 6.03 Å². The number of para-hydroxylation sites is 1. The molecule has 4 nitrogen and oxygen atoms in total. The lowest BCUT2D eigenvalue weighted by atomic mass is 10.1. The molecular weight excluding hydrogens is 204 g/mol. The normalized spacial score (nSPS) is 10.3. The van der Waals surface area contributed by atoms with Crippen LogP contribution in [0.3, 0.4) is 0 Å². The number of rotatable bonds is 4. The van der Waals surface area contributed by atoms with Gasteiger partial charge in [-0.05, 0) is 30.7 Å². The van der Waals surface area contributed by atoms with Gasteiger partial charge in [-0.1, -0.05) is 18.2 Å². The molecule has 0 aliphatic carbocycles. The van der Waals surface area contributed by atoms with Gasteiger partial charge in [0.2, 0.25) is 0 Å². The molecular formula is C12H14N2O2. The van der Waals surface area contributed by atoms with Crippen molar-refractivity contribution in [1.29, 1.82) is 0 Å². The third-order valence-corrected chi connectivity index (χ3v) is 2.16. The predicted molar refractivity (Wildman–Crippen MR) is 64.1 cm³/mol. The standard InChI is InChI=1S/C12H14N2O2/c1-2-14(12(13)16)11-8-4-3-6-10(11)7-5-9-15/h3-9H,2H2,1H3,(H2,13,16)/b7-5+. The van der Waals surface area contributed by atoms with Crippen molar-refractivity contribution < 1.29 is 9.59 Å². The van der Waals surface area contributed by atoms with E-state index in [0.717, 1.165) is 5.56 Å². The van der Waals surface area contributed by atoms with Crippen LogP contribution in [0.15, 0.2) is 30.3 Å². The molecule has 0 aliphatic rings. The summed E-state index contributed by atoms with van der Waals surface area (Å²) in [6, 6.07) is 6.76. The molecule has 0 fully saturated rings. The van der Waals surface area contributed by atoms with Crippen molar-refractivity contribution in [3.8, 4) is 0 Å². The monoisotopic (exact) mass is 218 g/mol. The summed E-state index contributed by atoms with van der Waals surface area (Å²) in [7, 11) is 0. The van der Waals surface area contributed by atoms with Gasteiger partial charge in [0.1, 0.15) is 6.29 Å². The van der Waals surface area contributed by atoms with Gasteiger partial charge in [-0.25, -0.2) is 4.79 Å². The predicted octanol–water partition coefficient (Wildman–Crippen LogP) is 1.80. The second kappa shape index (κ2) is 5.70. The maximum absolute atomic E-state index is 11.2. The lowest BCUT2D eigenvalue weighted by Crippen LogP contribution is -2.35. The molecule has 0 spiro atoms. The Labute approximate surface area is 94.4 Å². The highest BCUT2D eigenvalue weighted by molar-refractivity contribution is 5.93. The number of hydrogen-bond donors (Lipinski definition) is 1. The number of primary amides is 1. The maximum atomic E-state index is 11.2. The Morgan fingerprint density at radius 1 is 1.44 bits per heavy atom. The number of aldehydes is 1. The molecule has 2 amide bonds. The Bertz CT molecular complexity index is 413. The molecule has 0 heterocycles. The van der Waals surface area contributed by atoms with E-state index >= 15 is 0 Å². The van der Waals surface area contributed by atoms with Crippen molar-refractivity contribution >= 4 is 24.1 Å². The van der Waals surface area contributed by atoms with E-state index in [1.54, 1.807) is 12.1 Å². The SMILES string of the molecule is CCN(C(N)=O)c1ccccc1/C=C/C=O. The Morgan fingerprint density at radius 2 is 2.12 bits per heavy atom. The maximum Gasteiger partial charge on any atom is 0.319 e. The highest BCUT2D eigenvalue weighted by atomic mass is 16.2. The Balaban J connectivity index is 3.15. The third-order valence-electron chi connectivity index (χ3n) is 2.16. The van der Waals surface area contributed by atoms with Gasteiger partial charge in [0, 0.05) is 6.54 Å². The molecule has 1 aromatic rings. The summed E-state index contributed by atoms with van der Waals surface area (Å²) in [5, 5.41) is 0. The Hall–Kier alpha value is -2.10. The fraction of sp³-hybridized carbons (Fsp3) is 0.167. The highest BCUT2D eigenvalue weighted by Crippen LogP contribution is 2.21. The molecule has 0 saturated carbocycles. The van der Waals surface area contributed by atoms with Gasteiger partial charge in [-0.15, -0.1) is 0 Å². The first-order chi connectivity index (χ1) is 7.70. The third kappa shape index (κ3) is 2.70. The number of nitrogens with zero attached hydrogens (tertiary/aromatic N) is 1. The minimum atomic E-state index is -0.505. The first kappa shape index (κ1) is 12.0. The Morgan fingerprint density at radius 3 is 2.69 bits per heavy atom. The van der Waals surface area contributed by atoms with E-state index in [4.69, 9.17) is 5.73 Å². The van der Waals surface area contributed by atoms with Crippen LogP contribution in [0.5, 0.6) is 0 Å². The number of hydrogen-bond acceptors (Lipinski definition) is 2. The second-order valence-electron chi connectivity index (χ2n) is 3.14. The molecule has 0 saturated heterocycles. The van der Waals surface area contributed by atoms with Crippen LogP contribution in [0.25, 0.3) is 6.08 Å². The van der Waals surface area contributed by atoms with Crippen molar-refractivity contribution in [1.82, 2.24) is 0 Å². The van der Waals surface area contributed by atoms with Crippen molar-refractivity contribution in [3.05, 3.63) is 35.9 Å². The zero-order chi connectivity index (χ0) is 12.0. The van der Waals surface area contributed by atoms with Crippen LogP contribution in [0.1, 0.15) is 12.5 Å². The molecule has 0 aromatic heterocycles. The topological polar surface area (TPSA) is 63.4 Å². The largest absolute Gasteiger partial charge is 0.351 e. The zero-order valence-electron chi connectivity index (χ0n) is 9.09. The summed E-state index contributed by atoms with van der Waals surface area (Å²) in [5.41, 5.74) is 6.76. The van der Waals surface area contributed by atoms with Gasteiger partial charge < -0.3 is 5.73 Å². The van der Waals surface area contributed by atoms with Crippen LogP contribution < -0.4 is 10.6 Å². The average Bonchev–Trinajstić information content (AvgIpc) is 2.28. The molecule has 0 unspecified atom stereocenters. The van der Waals surface area contributed by atoms with E-state index in [0.29, 0.717) is 18.5 Å². The Kier molecular flexibility index (Phi) is 4.27. The van der Waals surface area contributed by atoms with E-state index in [-0.39, 0.29) is 0 Å². The van der Waals surface area contributed by atoms with E-state index in [1.807, 2.05) is 25.1 Å². The minimum absolute atomic E-state index is 0.487. The first-order valence-corrected chi connectivity index (χ1v) is 4.98. The van der Waals surface area contributed by atoms with Gasteiger partial charge in [-0.3, -0.25) is 9.69 Å². The summed E-state index contributed by atoms with van der Waals surface area (Å²) < 4.78 is 0. The highest BCUT2D eigenvalue weighted by Gasteiger charge is 2.11. The minimum Gasteiger partial charge on any atom is -0.351 e. The van der Waals surface area contributed by atoms with E-state index in [2.05, 4.69) is 0 Å². The molecule has 0 bridgehead atoms. The first-order valence-electron chi connectivity index (χ1n) is 4.98. The number of anilines is 1. The number of allylic oxidation sites excluding steroid dienone is 1. The number of amides is 2. The zero-order valence-corrected chi connectivity index (χ0v) is 9.09. The molecule has 0 radical (unpaired) electrons. The van der Waals surface area contributed by atoms with Crippen molar-refractivity contribution in [2.24, 2.45) is 5.73 Å². The number of nitrogens with two attached hydrogens (primary N) is 1. The van der Waals surface area contributed by atoms with Gasteiger partial charge in [-0.2, -0.15) is 0 Å². The molecule has 4 heteroatoms. The number of benzene rings is 1. The van der Waals surface area contributed by atoms with Gasteiger partial charge in [0.15, 0.2) is 0 Å². The van der Waals surface area contributed by atoms with Crippen molar-refractivity contribution in [2.45, 2.75) is 6.92 Å². The molecule has 84 valence electrons. The average molecular weight is 218 g/mol. The van der Waals surface area contributed by atoms with Crippen molar-refractivity contribution in [3.63, 3.8) is 0 Å². The van der Waals surface area contributed by atoms with Gasteiger partial charge in [0.25, 0.3) is 0 Å². The second-order valence-corrected chi connectivity index (χ2v) is 3.14. The molecule has 0 aliphatic heterocycles. The lowest BCUT2D eigenvalue weighted by molar-refractivity contribution is -0.104. The van der Waals surface area contributed by atoms with Crippen LogP contribution in [0, 0.1) is 0 Å². The molecule has 16 heavy (non-hydrogen) atoms. The molecule has 0 atom stereocenters. The quantitative estimate of drug-likeness (QED) is 0.618. The number of carbonyl (C=O) groups excluding carboxylic acids is 2. The summed E-state index contributed by atoms with van der Waals surface area (Å²) >= 11 is 0. The van der Waals surface area contributed by atoms with E-state index in [1.165, 1.54) is 11.0 Å². The number of urea groups is 1. The molecule has 2 N–H and O–H groups in total. The van der Waals surface area contributed by atoms with Crippen molar-refractivity contribution in [2.75, 3.05) is 11.4 Å². The molecule has 1 rings (SSSR count). The van der Waals surface area contributed by atoms with Crippen LogP contribution >= 0.6 is 0 Å². The van der Waals surface area contributed by atoms with Gasteiger partial charge >= 0.3 is 6.03 Å². The summed E-state index contributed by atoms with van der Waals surface area (Å²) in [5.74, 6) is 0. The van der Waals surface area contributed by atoms with Gasteiger partial charge in [0.05, 0.1) is 5.69 Å². The van der Waals surface area contributed by atoms with Crippen LogP contribution in [-0.2, 0) is 4.79 Å². The molecule has 1 aromatic carbocycles. The smallest absolute Gasteiger partial charge is 0.319 e. The number of carbonyl (C=O) groups is 2. The van der Waals surface area contributed by atoms with Crippen LogP contribution in [0.2, 0.25) is 0 Å².